The number of thiocarbonyl (C=S) groups is 1. The van der Waals surface area contributed by atoms with Gasteiger partial charge >= 0.3 is 0 Å². The van der Waals surface area contributed by atoms with Crippen molar-refractivity contribution in [3.63, 3.8) is 0 Å². The van der Waals surface area contributed by atoms with Gasteiger partial charge in [-0.15, -0.1) is 0 Å². The Morgan fingerprint density at radius 2 is 1.84 bits per heavy atom. The molecule has 8 heteroatoms. The van der Waals surface area contributed by atoms with Gasteiger partial charge in [-0.2, -0.15) is 0 Å². The van der Waals surface area contributed by atoms with Crippen LogP contribution in [0, 0.1) is 0 Å². The molecule has 0 spiro atoms. The Labute approximate surface area is 150 Å². The van der Waals surface area contributed by atoms with Crippen molar-refractivity contribution in [1.82, 2.24) is 15.0 Å². The molecule has 25 heavy (non-hydrogen) atoms. The van der Waals surface area contributed by atoms with Crippen molar-refractivity contribution in [2.75, 3.05) is 23.5 Å². The first-order chi connectivity index (χ1) is 12.2. The Balaban J connectivity index is 1.68. The predicted molar refractivity (Wildman–Crippen MR) is 103 cm³/mol. The quantitative estimate of drug-likeness (QED) is 0.617. The number of nitrogens with zero attached hydrogens (tertiary/aromatic N) is 3. The number of benzene rings is 1. The first-order valence-electron chi connectivity index (χ1n) is 7.40. The van der Waals surface area contributed by atoms with Crippen LogP contribution < -0.4 is 21.1 Å². The molecule has 7 nitrogen and oxygen atoms in total. The summed E-state index contributed by atoms with van der Waals surface area (Å²) < 4.78 is 5.06. The predicted octanol–water partition coefficient (Wildman–Crippen LogP) is 2.94. The minimum atomic E-state index is 0.302. The van der Waals surface area contributed by atoms with Gasteiger partial charge in [0.2, 0.25) is 0 Å². The maximum absolute atomic E-state index is 5.82. The summed E-state index contributed by atoms with van der Waals surface area (Å²) in [5.41, 5.74) is 8.32. The molecule has 4 N–H and O–H groups in total. The Hall–Kier alpha value is -3.26. The van der Waals surface area contributed by atoms with Crippen LogP contribution in [0.5, 0.6) is 5.75 Å². The first kappa shape index (κ1) is 16.6. The summed E-state index contributed by atoms with van der Waals surface area (Å²) in [4.78, 5) is 12.5. The molecule has 0 aliphatic carbocycles. The number of nitrogens with one attached hydrogen (secondary N) is 2. The molecule has 0 saturated heterocycles. The normalized spacial score (nSPS) is 10.1. The zero-order chi connectivity index (χ0) is 17.6. The smallest absolute Gasteiger partial charge is 0.179 e. The van der Waals surface area contributed by atoms with Crippen molar-refractivity contribution < 1.29 is 4.74 Å². The Morgan fingerprint density at radius 3 is 2.48 bits per heavy atom. The summed E-state index contributed by atoms with van der Waals surface area (Å²) in [6.45, 7) is 0. The molecule has 126 valence electrons. The van der Waals surface area contributed by atoms with E-state index in [0.717, 1.165) is 16.9 Å². The molecule has 0 fully saturated rings. The average molecular weight is 352 g/mol. The molecule has 0 unspecified atom stereocenters. The van der Waals surface area contributed by atoms with Crippen LogP contribution >= 0.6 is 12.2 Å². The second-order valence-corrected chi connectivity index (χ2v) is 5.45. The van der Waals surface area contributed by atoms with E-state index in [1.165, 1.54) is 7.11 Å². The van der Waals surface area contributed by atoms with Crippen molar-refractivity contribution in [2.45, 2.75) is 0 Å². The summed E-state index contributed by atoms with van der Waals surface area (Å²) in [7, 11) is 1.53. The molecule has 0 bridgehead atoms. The molecule has 3 aromatic rings. The number of pyridine rings is 1. The minimum Gasteiger partial charge on any atom is -0.491 e. The fourth-order valence-corrected chi connectivity index (χ4v) is 2.35. The summed E-state index contributed by atoms with van der Waals surface area (Å²) in [6.07, 6.45) is 4.95. The third-order valence-corrected chi connectivity index (χ3v) is 3.53. The molecule has 3 rings (SSSR count). The van der Waals surface area contributed by atoms with Crippen LogP contribution in [0.3, 0.4) is 0 Å². The van der Waals surface area contributed by atoms with Crippen LogP contribution in [0.25, 0.3) is 11.4 Å². The lowest BCUT2D eigenvalue weighted by Gasteiger charge is -2.11. The van der Waals surface area contributed by atoms with Crippen molar-refractivity contribution in [2.24, 2.45) is 0 Å². The number of hydrogen-bond donors (Lipinski definition) is 3. The van der Waals surface area contributed by atoms with Gasteiger partial charge in [-0.3, -0.25) is 4.98 Å². The van der Waals surface area contributed by atoms with Crippen LogP contribution in [0.1, 0.15) is 0 Å². The highest BCUT2D eigenvalue weighted by Crippen LogP contribution is 2.23. The number of nitrogen functional groups attached to an aromatic ring is 1. The monoisotopic (exact) mass is 352 g/mol. The topological polar surface area (TPSA) is 98.0 Å². The molecule has 0 amide bonds. The van der Waals surface area contributed by atoms with Gasteiger partial charge in [-0.05, 0) is 48.6 Å². The molecule has 2 heterocycles. The summed E-state index contributed by atoms with van der Waals surface area (Å²) in [5, 5.41) is 6.64. The van der Waals surface area contributed by atoms with Gasteiger partial charge in [0.1, 0.15) is 0 Å². The minimum absolute atomic E-state index is 0.302. The highest BCUT2D eigenvalue weighted by molar-refractivity contribution is 7.80. The van der Waals surface area contributed by atoms with Crippen molar-refractivity contribution in [3.8, 4) is 17.1 Å². The SMILES string of the molecule is COc1cnc(-c2ccc(NC(=S)Nc3cccnc3)cc2)nc1N. The third-order valence-electron chi connectivity index (χ3n) is 3.32. The number of rotatable bonds is 4. The molecule has 0 atom stereocenters. The zero-order valence-electron chi connectivity index (χ0n) is 13.4. The average Bonchev–Trinajstić information content (AvgIpc) is 2.63. The Morgan fingerprint density at radius 1 is 1.08 bits per heavy atom. The number of hydrogen-bond acceptors (Lipinski definition) is 6. The fourth-order valence-electron chi connectivity index (χ4n) is 2.11. The van der Waals surface area contributed by atoms with E-state index in [1.54, 1.807) is 18.6 Å². The van der Waals surface area contributed by atoms with E-state index in [-0.39, 0.29) is 0 Å². The molecular weight excluding hydrogens is 336 g/mol. The van der Waals surface area contributed by atoms with Gasteiger partial charge in [-0.25, -0.2) is 9.97 Å². The van der Waals surface area contributed by atoms with Crippen molar-refractivity contribution in [1.29, 1.82) is 0 Å². The van der Waals surface area contributed by atoms with E-state index in [4.69, 9.17) is 22.7 Å². The first-order valence-corrected chi connectivity index (χ1v) is 7.81. The van der Waals surface area contributed by atoms with Crippen LogP contribution in [-0.4, -0.2) is 27.2 Å². The molecule has 2 aromatic heterocycles. The van der Waals surface area contributed by atoms with Crippen LogP contribution in [-0.2, 0) is 0 Å². The van der Waals surface area contributed by atoms with Gasteiger partial charge in [-0.1, -0.05) is 0 Å². The number of anilines is 3. The van der Waals surface area contributed by atoms with E-state index in [1.807, 2.05) is 36.4 Å². The summed E-state index contributed by atoms with van der Waals surface area (Å²) >= 11 is 5.28. The van der Waals surface area contributed by atoms with Crippen molar-refractivity contribution >= 4 is 34.5 Å². The second-order valence-electron chi connectivity index (χ2n) is 5.05. The number of aromatic nitrogens is 3. The van der Waals surface area contributed by atoms with E-state index in [9.17, 15) is 0 Å². The number of methoxy groups -OCH3 is 1. The van der Waals surface area contributed by atoms with Gasteiger partial charge < -0.3 is 21.1 Å². The molecule has 0 saturated carbocycles. The van der Waals surface area contributed by atoms with E-state index in [0.29, 0.717) is 22.5 Å². The lowest BCUT2D eigenvalue weighted by molar-refractivity contribution is 0.413. The number of nitrogens with two attached hydrogens (primary N) is 1. The third kappa shape index (κ3) is 4.18. The molecule has 0 aliphatic heterocycles. The van der Waals surface area contributed by atoms with Crippen LogP contribution in [0.4, 0.5) is 17.2 Å². The highest BCUT2D eigenvalue weighted by atomic mass is 32.1. The van der Waals surface area contributed by atoms with Crippen LogP contribution in [0.15, 0.2) is 55.0 Å². The molecular formula is C17H16N6OS. The maximum Gasteiger partial charge on any atom is 0.179 e. The lowest BCUT2D eigenvalue weighted by Crippen LogP contribution is -2.19. The van der Waals surface area contributed by atoms with Crippen LogP contribution in [0.2, 0.25) is 0 Å². The zero-order valence-corrected chi connectivity index (χ0v) is 14.2. The second kappa shape index (κ2) is 7.54. The Kier molecular flexibility index (Phi) is 5.00. The van der Waals surface area contributed by atoms with E-state index >= 15 is 0 Å². The maximum atomic E-state index is 5.82. The largest absolute Gasteiger partial charge is 0.491 e. The van der Waals surface area contributed by atoms with E-state index in [2.05, 4.69) is 25.6 Å². The molecule has 0 radical (unpaired) electrons. The highest BCUT2D eigenvalue weighted by Gasteiger charge is 2.07. The summed E-state index contributed by atoms with van der Waals surface area (Å²) in [6, 6.07) is 11.3. The van der Waals surface area contributed by atoms with E-state index < -0.39 is 0 Å². The lowest BCUT2D eigenvalue weighted by atomic mass is 10.2. The van der Waals surface area contributed by atoms with Crippen molar-refractivity contribution in [3.05, 3.63) is 55.0 Å². The standard InChI is InChI=1S/C17H16N6OS/c1-24-14-10-20-16(23-15(14)18)11-4-6-12(7-5-11)21-17(25)22-13-3-2-8-19-9-13/h2-10H,1H3,(H2,18,20,23)(H2,21,22,25). The fraction of sp³-hybridized carbons (Fsp3) is 0.0588. The Bertz CT molecular complexity index is 870. The van der Waals surface area contributed by atoms with Gasteiger partial charge in [0.15, 0.2) is 22.5 Å². The molecule has 1 aromatic carbocycles. The number of ether oxygens (including phenoxy) is 1. The molecule has 0 aliphatic rings. The summed E-state index contributed by atoms with van der Waals surface area (Å²) in [5.74, 6) is 1.28. The van der Waals surface area contributed by atoms with Gasteiger partial charge in [0.05, 0.1) is 25.2 Å². The van der Waals surface area contributed by atoms with Gasteiger partial charge in [0, 0.05) is 17.4 Å². The van der Waals surface area contributed by atoms with Gasteiger partial charge in [0.25, 0.3) is 0 Å².